The summed E-state index contributed by atoms with van der Waals surface area (Å²) in [6, 6.07) is 17.1. The van der Waals surface area contributed by atoms with Gasteiger partial charge in [0.2, 0.25) is 0 Å². The Morgan fingerprint density at radius 2 is 1.70 bits per heavy atom. The Bertz CT molecular complexity index is 1480. The number of urea groups is 1. The number of hydrogen-bond donors (Lipinski definition) is 1. The number of aromatic amines is 1. The molecule has 1 aliphatic carbocycles. The van der Waals surface area contributed by atoms with Crippen molar-refractivity contribution in [2.24, 2.45) is 0 Å². The van der Waals surface area contributed by atoms with Crippen LogP contribution in [0, 0.1) is 11.6 Å². The zero-order chi connectivity index (χ0) is 30.1. The van der Waals surface area contributed by atoms with Crippen LogP contribution in [0.1, 0.15) is 55.7 Å². The van der Waals surface area contributed by atoms with Gasteiger partial charge in [-0.05, 0) is 69.1 Å². The van der Waals surface area contributed by atoms with Crippen molar-refractivity contribution in [3.63, 3.8) is 0 Å². The Labute approximate surface area is 252 Å². The fourth-order valence-electron chi connectivity index (χ4n) is 7.46. The smallest absolute Gasteiger partial charge is 0.320 e. The molecule has 2 atom stereocenters. The van der Waals surface area contributed by atoms with Gasteiger partial charge in [0.25, 0.3) is 5.56 Å². The molecule has 1 spiro atoms. The van der Waals surface area contributed by atoms with E-state index in [0.717, 1.165) is 55.0 Å². The van der Waals surface area contributed by atoms with E-state index in [1.807, 2.05) is 66.4 Å². The number of carbonyl (C=O) groups excluding carboxylic acids is 1. The second-order valence-corrected chi connectivity index (χ2v) is 12.7. The summed E-state index contributed by atoms with van der Waals surface area (Å²) < 4.78 is 28.6. The zero-order valence-electron chi connectivity index (χ0n) is 25.1. The molecular weight excluding hydrogens is 548 g/mol. The van der Waals surface area contributed by atoms with Gasteiger partial charge in [0, 0.05) is 61.6 Å². The number of amides is 2. The van der Waals surface area contributed by atoms with Gasteiger partial charge < -0.3 is 19.7 Å². The van der Waals surface area contributed by atoms with Gasteiger partial charge in [-0.15, -0.1) is 0 Å². The van der Waals surface area contributed by atoms with Crippen LogP contribution in [-0.4, -0.2) is 82.5 Å². The third kappa shape index (κ3) is 6.10. The van der Waals surface area contributed by atoms with Crippen LogP contribution in [0.2, 0.25) is 0 Å². The number of aromatic nitrogens is 1. The molecule has 1 N–H and O–H groups in total. The van der Waals surface area contributed by atoms with Crippen LogP contribution in [0.25, 0.3) is 11.3 Å². The lowest BCUT2D eigenvalue weighted by molar-refractivity contribution is -0.00400. The number of H-pyrrole nitrogens is 1. The summed E-state index contributed by atoms with van der Waals surface area (Å²) in [4.78, 5) is 38.7. The highest BCUT2D eigenvalue weighted by molar-refractivity contribution is 5.75. The number of nitrogens with one attached hydrogen (secondary N) is 1. The monoisotopic (exact) mass is 589 g/mol. The molecule has 1 unspecified atom stereocenters. The highest BCUT2D eigenvalue weighted by atomic mass is 19.1. The number of pyridine rings is 1. The lowest BCUT2D eigenvalue weighted by atomic mass is 9.89. The maximum absolute atomic E-state index is 14.3. The van der Waals surface area contributed by atoms with E-state index in [2.05, 4.69) is 14.8 Å². The van der Waals surface area contributed by atoms with E-state index in [1.165, 1.54) is 12.1 Å². The second-order valence-electron chi connectivity index (χ2n) is 12.7. The summed E-state index contributed by atoms with van der Waals surface area (Å²) in [6.07, 6.45) is 5.53. The quantitative estimate of drug-likeness (QED) is 0.419. The molecule has 2 aromatic carbocycles. The summed E-state index contributed by atoms with van der Waals surface area (Å²) in [5.74, 6) is -1.25. The Kier molecular flexibility index (Phi) is 8.38. The van der Waals surface area contributed by atoms with Crippen LogP contribution < -0.4 is 5.56 Å². The van der Waals surface area contributed by atoms with Crippen molar-refractivity contribution in [1.82, 2.24) is 24.6 Å². The van der Waals surface area contributed by atoms with Gasteiger partial charge in [0.1, 0.15) is 11.6 Å². The predicted octanol–water partition coefficient (Wildman–Crippen LogP) is 5.64. The van der Waals surface area contributed by atoms with E-state index in [0.29, 0.717) is 44.7 Å². The molecule has 1 saturated carbocycles. The molecule has 6 rings (SSSR count). The largest absolute Gasteiger partial charge is 0.322 e. The fraction of sp³-hybridized carbons (Fsp3) is 0.471. The molecule has 0 bridgehead atoms. The normalized spacial score (nSPS) is 22.4. The third-order valence-electron chi connectivity index (χ3n) is 9.86. The first-order chi connectivity index (χ1) is 20.7. The second kappa shape index (κ2) is 12.2. The van der Waals surface area contributed by atoms with E-state index in [1.54, 1.807) is 0 Å². The van der Waals surface area contributed by atoms with Crippen molar-refractivity contribution in [1.29, 1.82) is 0 Å². The van der Waals surface area contributed by atoms with E-state index >= 15 is 0 Å². The summed E-state index contributed by atoms with van der Waals surface area (Å²) >= 11 is 0. The van der Waals surface area contributed by atoms with Crippen molar-refractivity contribution >= 4 is 6.03 Å². The van der Waals surface area contributed by atoms with Crippen LogP contribution in [0.5, 0.6) is 0 Å². The van der Waals surface area contributed by atoms with Gasteiger partial charge in [-0.2, -0.15) is 0 Å². The molecule has 3 aliphatic rings. The van der Waals surface area contributed by atoms with Gasteiger partial charge in [0.05, 0.1) is 6.04 Å². The number of benzene rings is 2. The van der Waals surface area contributed by atoms with E-state index in [4.69, 9.17) is 0 Å². The van der Waals surface area contributed by atoms with Crippen molar-refractivity contribution in [3.05, 3.63) is 93.8 Å². The first-order valence-electron chi connectivity index (χ1n) is 15.4. The molecule has 3 aromatic rings. The summed E-state index contributed by atoms with van der Waals surface area (Å²) in [5.41, 5.74) is 2.72. The molecule has 2 amide bonds. The van der Waals surface area contributed by atoms with Gasteiger partial charge in [0.15, 0.2) is 0 Å². The Hall–Kier alpha value is -3.56. The van der Waals surface area contributed by atoms with Crippen LogP contribution in [0.15, 0.2) is 65.5 Å². The standard InChI is InChI=1S/C34H41F2N5O2/c1-38(2)29-12-15-41(31(21-29)26-18-27(35)20-28(36)19-26)33(43)39-16-17-40(34(23-39)13-6-7-14-34)22-25-10-11-30(37-32(25)42)24-8-4-3-5-9-24/h3-5,8-11,18-20,29,31H,6-7,12-17,21-23H2,1-2H3,(H,37,42)/t29?,31-/m0/s1. The highest BCUT2D eigenvalue weighted by Gasteiger charge is 2.46. The molecule has 43 heavy (non-hydrogen) atoms. The van der Waals surface area contributed by atoms with Crippen LogP contribution in [0.3, 0.4) is 0 Å². The number of hydrogen-bond acceptors (Lipinski definition) is 4. The summed E-state index contributed by atoms with van der Waals surface area (Å²) in [5, 5.41) is 0. The van der Waals surface area contributed by atoms with Gasteiger partial charge in [-0.1, -0.05) is 49.2 Å². The Balaban J connectivity index is 1.21. The Morgan fingerprint density at radius 1 is 0.977 bits per heavy atom. The van der Waals surface area contributed by atoms with E-state index in [-0.39, 0.29) is 23.2 Å². The fourth-order valence-corrected chi connectivity index (χ4v) is 7.46. The molecule has 1 aromatic heterocycles. The molecule has 2 saturated heterocycles. The number of carbonyl (C=O) groups is 1. The molecule has 228 valence electrons. The Morgan fingerprint density at radius 3 is 2.37 bits per heavy atom. The first-order valence-corrected chi connectivity index (χ1v) is 15.4. The maximum atomic E-state index is 14.3. The molecule has 3 fully saturated rings. The molecule has 2 aliphatic heterocycles. The number of halogens is 2. The molecule has 9 heteroatoms. The number of rotatable bonds is 5. The number of likely N-dealkylation sites (tertiary alicyclic amines) is 1. The molecular formula is C34H41F2N5O2. The van der Waals surface area contributed by atoms with Gasteiger partial charge in [-0.25, -0.2) is 13.6 Å². The third-order valence-corrected chi connectivity index (χ3v) is 9.86. The van der Waals surface area contributed by atoms with Crippen LogP contribution >= 0.6 is 0 Å². The SMILES string of the molecule is CN(C)C1CCN(C(=O)N2CCN(Cc3ccc(-c4ccccc4)[nH]c3=O)C3(CCCC3)C2)[C@H](c2cc(F)cc(F)c2)C1. The van der Waals surface area contributed by atoms with Crippen molar-refractivity contribution < 1.29 is 13.6 Å². The minimum absolute atomic E-state index is 0.0668. The average Bonchev–Trinajstić information content (AvgIpc) is 3.47. The van der Waals surface area contributed by atoms with Gasteiger partial charge >= 0.3 is 6.03 Å². The average molecular weight is 590 g/mol. The van der Waals surface area contributed by atoms with Crippen LogP contribution in [-0.2, 0) is 6.54 Å². The lowest BCUT2D eigenvalue weighted by Crippen LogP contribution is -2.64. The lowest BCUT2D eigenvalue weighted by Gasteiger charge is -2.51. The maximum Gasteiger partial charge on any atom is 0.320 e. The predicted molar refractivity (Wildman–Crippen MR) is 164 cm³/mol. The minimum atomic E-state index is -0.625. The highest BCUT2D eigenvalue weighted by Crippen LogP contribution is 2.40. The van der Waals surface area contributed by atoms with Crippen molar-refractivity contribution in [3.8, 4) is 11.3 Å². The van der Waals surface area contributed by atoms with E-state index in [9.17, 15) is 18.4 Å². The van der Waals surface area contributed by atoms with Crippen molar-refractivity contribution in [2.45, 2.75) is 62.7 Å². The topological polar surface area (TPSA) is 62.9 Å². The molecule has 0 radical (unpaired) electrons. The number of nitrogens with zero attached hydrogens (tertiary/aromatic N) is 4. The first kappa shape index (κ1) is 29.5. The van der Waals surface area contributed by atoms with Crippen molar-refractivity contribution in [2.75, 3.05) is 40.3 Å². The molecule has 7 nitrogen and oxygen atoms in total. The molecule has 3 heterocycles. The van der Waals surface area contributed by atoms with Gasteiger partial charge in [-0.3, -0.25) is 9.69 Å². The summed E-state index contributed by atoms with van der Waals surface area (Å²) in [7, 11) is 4.02. The van der Waals surface area contributed by atoms with E-state index < -0.39 is 17.7 Å². The zero-order valence-corrected chi connectivity index (χ0v) is 25.1. The number of piperazine rings is 1. The number of piperidine rings is 1. The summed E-state index contributed by atoms with van der Waals surface area (Å²) in [6.45, 7) is 2.85. The van der Waals surface area contributed by atoms with Crippen LogP contribution in [0.4, 0.5) is 13.6 Å². The minimum Gasteiger partial charge on any atom is -0.322 e.